The fourth-order valence-corrected chi connectivity index (χ4v) is 2.69. The van der Waals surface area contributed by atoms with Gasteiger partial charge in [-0.25, -0.2) is 4.79 Å². The lowest BCUT2D eigenvalue weighted by Gasteiger charge is -2.24. The molecule has 7 nitrogen and oxygen atoms in total. The van der Waals surface area contributed by atoms with Crippen LogP contribution in [0.25, 0.3) is 0 Å². The Morgan fingerprint density at radius 3 is 2.04 bits per heavy atom. The summed E-state index contributed by atoms with van der Waals surface area (Å²) in [4.78, 5) is 23.2. The minimum Gasteiger partial charge on any atom is -0.481 e. The molecule has 0 unspecified atom stereocenters. The zero-order chi connectivity index (χ0) is 18.8. The van der Waals surface area contributed by atoms with Crippen LogP contribution in [0.2, 0.25) is 0 Å². The lowest BCUT2D eigenvalue weighted by atomic mass is 9.71. The van der Waals surface area contributed by atoms with E-state index in [1.165, 1.54) is 0 Å². The fraction of sp³-hybridized carbons (Fsp3) is 0.500. The molecule has 1 amide bonds. The molecule has 0 aliphatic carbocycles. The first-order chi connectivity index (χ1) is 10.8. The van der Waals surface area contributed by atoms with Gasteiger partial charge in [0.25, 0.3) is 0 Å². The highest BCUT2D eigenvalue weighted by Gasteiger charge is 2.26. The summed E-state index contributed by atoms with van der Waals surface area (Å²) in [6.45, 7) is 10.1. The molecule has 0 aliphatic heterocycles. The van der Waals surface area contributed by atoms with Gasteiger partial charge in [-0.15, -0.1) is 0 Å². The predicted molar refractivity (Wildman–Crippen MR) is 91.7 cm³/mol. The number of hydrogen-bond acceptors (Lipinski definition) is 5. The summed E-state index contributed by atoms with van der Waals surface area (Å²) >= 11 is 0. The summed E-state index contributed by atoms with van der Waals surface area (Å²) in [6, 6.07) is 0. The van der Waals surface area contributed by atoms with E-state index in [2.05, 4.69) is 5.32 Å². The van der Waals surface area contributed by atoms with Crippen molar-refractivity contribution in [3.05, 3.63) is 22.3 Å². The number of rotatable bonds is 4. The Kier molecular flexibility index (Phi) is 6.02. The molecule has 0 saturated heterocycles. The SMILES string of the molecule is Cc1c(CC(=O)O)c(C)c(B(O)O)c(C)c1NC(=O)OC(C)(C)C. The summed E-state index contributed by atoms with van der Waals surface area (Å²) in [5.74, 6) is -1.05. The molecule has 4 N–H and O–H groups in total. The van der Waals surface area contributed by atoms with Crippen LogP contribution in [-0.2, 0) is 16.0 Å². The second-order valence-corrected chi connectivity index (χ2v) is 6.71. The van der Waals surface area contributed by atoms with Gasteiger partial charge in [0, 0.05) is 5.69 Å². The zero-order valence-corrected chi connectivity index (χ0v) is 14.9. The highest BCUT2D eigenvalue weighted by atomic mass is 16.6. The van der Waals surface area contributed by atoms with Gasteiger partial charge in [-0.2, -0.15) is 0 Å². The molecule has 0 radical (unpaired) electrons. The third-order valence-corrected chi connectivity index (χ3v) is 3.68. The molecule has 0 heterocycles. The van der Waals surface area contributed by atoms with E-state index in [4.69, 9.17) is 9.84 Å². The van der Waals surface area contributed by atoms with Crippen molar-refractivity contribution in [3.8, 4) is 0 Å². The first-order valence-electron chi connectivity index (χ1n) is 7.55. The monoisotopic (exact) mass is 337 g/mol. The van der Waals surface area contributed by atoms with Gasteiger partial charge in [-0.05, 0) is 69.3 Å². The number of ether oxygens (including phenoxy) is 1. The minimum atomic E-state index is -1.78. The van der Waals surface area contributed by atoms with Crippen LogP contribution in [-0.4, -0.2) is 39.9 Å². The van der Waals surface area contributed by atoms with E-state index in [-0.39, 0.29) is 11.9 Å². The zero-order valence-electron chi connectivity index (χ0n) is 14.9. The second-order valence-electron chi connectivity index (χ2n) is 6.71. The Morgan fingerprint density at radius 2 is 1.62 bits per heavy atom. The van der Waals surface area contributed by atoms with Crippen LogP contribution in [0.4, 0.5) is 10.5 Å². The van der Waals surface area contributed by atoms with E-state index >= 15 is 0 Å². The molecule has 0 aliphatic rings. The standard InChI is InChI=1S/C16H24BNO6/c1-8-11(7-12(19)20)9(2)14(10(3)13(8)17(22)23)18-15(21)24-16(4,5)6/h22-23H,7H2,1-6H3,(H,18,21)(H,19,20). The average Bonchev–Trinajstić information content (AvgIpc) is 2.37. The highest BCUT2D eigenvalue weighted by molar-refractivity contribution is 6.60. The van der Waals surface area contributed by atoms with Crippen LogP contribution >= 0.6 is 0 Å². The third-order valence-electron chi connectivity index (χ3n) is 3.68. The molecular weight excluding hydrogens is 313 g/mol. The van der Waals surface area contributed by atoms with Gasteiger partial charge in [0.1, 0.15) is 5.60 Å². The number of benzene rings is 1. The van der Waals surface area contributed by atoms with Crippen molar-refractivity contribution in [2.75, 3.05) is 5.32 Å². The van der Waals surface area contributed by atoms with Gasteiger partial charge in [0.2, 0.25) is 0 Å². The van der Waals surface area contributed by atoms with Gasteiger partial charge >= 0.3 is 19.2 Å². The van der Waals surface area contributed by atoms with Gasteiger partial charge in [-0.1, -0.05) is 0 Å². The Labute approximate surface area is 141 Å². The van der Waals surface area contributed by atoms with E-state index in [1.807, 2.05) is 0 Å². The number of carbonyl (C=O) groups excluding carboxylic acids is 1. The molecule has 0 bridgehead atoms. The molecule has 0 aromatic heterocycles. The van der Waals surface area contributed by atoms with Crippen LogP contribution in [0.15, 0.2) is 0 Å². The molecular formula is C16H24BNO6. The first-order valence-corrected chi connectivity index (χ1v) is 7.55. The number of amides is 1. The summed E-state index contributed by atoms with van der Waals surface area (Å²) in [5, 5.41) is 31.0. The molecule has 0 fully saturated rings. The smallest absolute Gasteiger partial charge is 0.481 e. The quantitative estimate of drug-likeness (QED) is 0.615. The van der Waals surface area contributed by atoms with Crippen LogP contribution < -0.4 is 10.8 Å². The van der Waals surface area contributed by atoms with Crippen molar-refractivity contribution < 1.29 is 29.5 Å². The Morgan fingerprint density at radius 1 is 1.08 bits per heavy atom. The number of hydrogen-bond donors (Lipinski definition) is 4. The fourth-order valence-electron chi connectivity index (χ4n) is 2.69. The second kappa shape index (κ2) is 7.23. The van der Waals surface area contributed by atoms with E-state index in [1.54, 1.807) is 41.5 Å². The number of nitrogens with one attached hydrogen (secondary N) is 1. The number of carboxylic acids is 1. The average molecular weight is 337 g/mol. The molecule has 0 atom stereocenters. The number of carbonyl (C=O) groups is 2. The van der Waals surface area contributed by atoms with Gasteiger partial charge in [-0.3, -0.25) is 10.1 Å². The van der Waals surface area contributed by atoms with E-state index in [0.29, 0.717) is 27.9 Å². The van der Waals surface area contributed by atoms with Crippen molar-refractivity contribution >= 4 is 30.3 Å². The van der Waals surface area contributed by atoms with Crippen LogP contribution in [0, 0.1) is 20.8 Å². The van der Waals surface area contributed by atoms with Gasteiger partial charge in [0.05, 0.1) is 6.42 Å². The van der Waals surface area contributed by atoms with Gasteiger partial charge in [0.15, 0.2) is 0 Å². The first kappa shape index (κ1) is 20.0. The van der Waals surface area contributed by atoms with E-state index < -0.39 is 24.8 Å². The lowest BCUT2D eigenvalue weighted by molar-refractivity contribution is -0.136. The van der Waals surface area contributed by atoms with Crippen molar-refractivity contribution in [1.82, 2.24) is 0 Å². The summed E-state index contributed by atoms with van der Waals surface area (Å²) in [7, 11) is -1.78. The molecule has 1 aromatic carbocycles. The van der Waals surface area contributed by atoms with Crippen LogP contribution in [0.1, 0.15) is 43.0 Å². The Hall–Kier alpha value is -2.06. The highest BCUT2D eigenvalue weighted by Crippen LogP contribution is 2.27. The van der Waals surface area contributed by atoms with Crippen molar-refractivity contribution in [2.45, 2.75) is 53.6 Å². The number of carboxylic acid groups (broad SMARTS) is 1. The van der Waals surface area contributed by atoms with Crippen LogP contribution in [0.3, 0.4) is 0 Å². The maximum absolute atomic E-state index is 12.1. The molecule has 8 heteroatoms. The largest absolute Gasteiger partial charge is 0.489 e. The molecule has 24 heavy (non-hydrogen) atoms. The Bertz CT molecular complexity index is 664. The Balaban J connectivity index is 3.45. The molecule has 1 aromatic rings. The predicted octanol–water partition coefficient (Wildman–Crippen LogP) is 1.27. The van der Waals surface area contributed by atoms with Crippen molar-refractivity contribution in [1.29, 1.82) is 0 Å². The molecule has 0 saturated carbocycles. The van der Waals surface area contributed by atoms with Crippen molar-refractivity contribution in [3.63, 3.8) is 0 Å². The summed E-state index contributed by atoms with van der Waals surface area (Å²) < 4.78 is 5.21. The van der Waals surface area contributed by atoms with Crippen molar-refractivity contribution in [2.24, 2.45) is 0 Å². The van der Waals surface area contributed by atoms with E-state index in [0.717, 1.165) is 0 Å². The third kappa shape index (κ3) is 4.72. The van der Waals surface area contributed by atoms with Gasteiger partial charge < -0.3 is 19.9 Å². The topological polar surface area (TPSA) is 116 Å². The number of aliphatic carboxylic acids is 1. The summed E-state index contributed by atoms with van der Waals surface area (Å²) in [6.07, 6.45) is -0.988. The maximum Gasteiger partial charge on any atom is 0.489 e. The number of anilines is 1. The molecule has 132 valence electrons. The normalized spacial score (nSPS) is 11.2. The molecule has 0 spiro atoms. The molecule has 1 rings (SSSR count). The minimum absolute atomic E-state index is 0.183. The summed E-state index contributed by atoms with van der Waals surface area (Å²) in [5.41, 5.74) is 1.75. The lowest BCUT2D eigenvalue weighted by Crippen LogP contribution is -2.37. The van der Waals surface area contributed by atoms with E-state index in [9.17, 15) is 19.6 Å². The van der Waals surface area contributed by atoms with Crippen LogP contribution in [0.5, 0.6) is 0 Å². The maximum atomic E-state index is 12.1.